The van der Waals surface area contributed by atoms with Gasteiger partial charge in [0.05, 0.1) is 6.20 Å². The maximum atomic E-state index is 4.72. The second-order valence-electron chi connectivity index (χ2n) is 5.61. The Morgan fingerprint density at radius 3 is 2.57 bits per heavy atom. The molecule has 1 aromatic carbocycles. The fourth-order valence-corrected chi connectivity index (χ4v) is 3.06. The van der Waals surface area contributed by atoms with E-state index in [1.807, 2.05) is 16.8 Å². The minimum Gasteiger partial charge on any atom is -0.356 e. The lowest BCUT2D eigenvalue weighted by atomic mass is 10.1. The molecule has 1 saturated heterocycles. The number of nitrogens with zero attached hydrogens (tertiary/aromatic N) is 4. The smallest absolute Gasteiger partial charge is 0.165 e. The molecule has 4 nitrogen and oxygen atoms in total. The van der Waals surface area contributed by atoms with Crippen molar-refractivity contribution in [2.24, 2.45) is 0 Å². The summed E-state index contributed by atoms with van der Waals surface area (Å²) in [6, 6.07) is 12.5. The predicted molar refractivity (Wildman–Crippen MR) is 84.6 cm³/mol. The van der Waals surface area contributed by atoms with Crippen molar-refractivity contribution in [3.8, 4) is 11.1 Å². The van der Waals surface area contributed by atoms with Crippen LogP contribution in [0.5, 0.6) is 0 Å². The van der Waals surface area contributed by atoms with E-state index in [1.54, 1.807) is 0 Å². The van der Waals surface area contributed by atoms with Gasteiger partial charge in [-0.25, -0.2) is 4.98 Å². The van der Waals surface area contributed by atoms with E-state index in [0.29, 0.717) is 0 Å². The predicted octanol–water partition coefficient (Wildman–Crippen LogP) is 3.30. The van der Waals surface area contributed by atoms with Crippen molar-refractivity contribution in [1.82, 2.24) is 14.6 Å². The van der Waals surface area contributed by atoms with Crippen LogP contribution in [-0.4, -0.2) is 27.7 Å². The third-order valence-electron chi connectivity index (χ3n) is 4.10. The van der Waals surface area contributed by atoms with Crippen molar-refractivity contribution in [1.29, 1.82) is 0 Å². The zero-order chi connectivity index (χ0) is 14.2. The highest BCUT2D eigenvalue weighted by molar-refractivity contribution is 5.78. The van der Waals surface area contributed by atoms with Gasteiger partial charge in [-0.1, -0.05) is 30.3 Å². The number of aromatic nitrogens is 3. The van der Waals surface area contributed by atoms with Gasteiger partial charge in [0.25, 0.3) is 0 Å². The van der Waals surface area contributed by atoms with Crippen LogP contribution in [0, 0.1) is 6.92 Å². The third kappa shape index (κ3) is 2.07. The topological polar surface area (TPSA) is 33.4 Å². The molecule has 0 atom stereocenters. The van der Waals surface area contributed by atoms with Gasteiger partial charge in [-0.3, -0.25) is 0 Å². The molecule has 21 heavy (non-hydrogen) atoms. The highest BCUT2D eigenvalue weighted by atomic mass is 15.3. The van der Waals surface area contributed by atoms with E-state index in [2.05, 4.69) is 47.3 Å². The molecule has 0 bridgehead atoms. The molecule has 0 amide bonds. The SMILES string of the molecule is Cc1cc(N2CCCC2)n2ncc(-c3ccccc3)c2n1. The summed E-state index contributed by atoms with van der Waals surface area (Å²) in [4.78, 5) is 7.12. The van der Waals surface area contributed by atoms with Gasteiger partial charge in [-0.2, -0.15) is 9.61 Å². The van der Waals surface area contributed by atoms with Gasteiger partial charge >= 0.3 is 0 Å². The fourth-order valence-electron chi connectivity index (χ4n) is 3.06. The van der Waals surface area contributed by atoms with Gasteiger partial charge in [0, 0.05) is 30.4 Å². The average molecular weight is 278 g/mol. The highest BCUT2D eigenvalue weighted by Gasteiger charge is 2.18. The molecule has 1 aliphatic rings. The molecular weight excluding hydrogens is 260 g/mol. The van der Waals surface area contributed by atoms with Crippen LogP contribution in [0.25, 0.3) is 16.8 Å². The van der Waals surface area contributed by atoms with Crippen molar-refractivity contribution >= 4 is 11.5 Å². The number of rotatable bonds is 2. The molecule has 0 radical (unpaired) electrons. The summed E-state index contributed by atoms with van der Waals surface area (Å²) >= 11 is 0. The summed E-state index contributed by atoms with van der Waals surface area (Å²) in [7, 11) is 0. The average Bonchev–Trinajstić information content (AvgIpc) is 3.17. The van der Waals surface area contributed by atoms with Gasteiger partial charge in [0.2, 0.25) is 0 Å². The molecule has 106 valence electrons. The number of hydrogen-bond donors (Lipinski definition) is 0. The minimum atomic E-state index is 0.947. The summed E-state index contributed by atoms with van der Waals surface area (Å²) in [6.45, 7) is 4.28. The lowest BCUT2D eigenvalue weighted by Gasteiger charge is -2.18. The monoisotopic (exact) mass is 278 g/mol. The van der Waals surface area contributed by atoms with E-state index in [4.69, 9.17) is 4.98 Å². The Labute approximate surface area is 124 Å². The maximum Gasteiger partial charge on any atom is 0.165 e. The Kier molecular flexibility index (Phi) is 2.88. The Bertz CT molecular complexity index is 770. The first kappa shape index (κ1) is 12.4. The van der Waals surface area contributed by atoms with Crippen molar-refractivity contribution in [3.63, 3.8) is 0 Å². The third-order valence-corrected chi connectivity index (χ3v) is 4.10. The molecular formula is C17H18N4. The molecule has 3 heterocycles. The van der Waals surface area contributed by atoms with E-state index >= 15 is 0 Å². The molecule has 4 heteroatoms. The summed E-state index contributed by atoms with van der Waals surface area (Å²) in [6.07, 6.45) is 4.45. The van der Waals surface area contributed by atoms with Crippen LogP contribution in [0.1, 0.15) is 18.5 Å². The van der Waals surface area contributed by atoms with E-state index in [0.717, 1.165) is 41.4 Å². The number of anilines is 1. The first-order chi connectivity index (χ1) is 10.3. The summed E-state index contributed by atoms with van der Waals surface area (Å²) in [5.74, 6) is 1.16. The van der Waals surface area contributed by atoms with Crippen molar-refractivity contribution < 1.29 is 0 Å². The quantitative estimate of drug-likeness (QED) is 0.721. The van der Waals surface area contributed by atoms with Crippen LogP contribution in [0.2, 0.25) is 0 Å². The molecule has 3 aromatic rings. The fraction of sp³-hybridized carbons (Fsp3) is 0.294. The Hall–Kier alpha value is -2.36. The van der Waals surface area contributed by atoms with Crippen LogP contribution in [0.15, 0.2) is 42.6 Å². The van der Waals surface area contributed by atoms with E-state index in [9.17, 15) is 0 Å². The zero-order valence-corrected chi connectivity index (χ0v) is 12.2. The zero-order valence-electron chi connectivity index (χ0n) is 12.2. The molecule has 0 N–H and O–H groups in total. The van der Waals surface area contributed by atoms with E-state index in [1.165, 1.54) is 12.8 Å². The van der Waals surface area contributed by atoms with Crippen LogP contribution in [0.3, 0.4) is 0 Å². The van der Waals surface area contributed by atoms with Gasteiger partial charge in [-0.15, -0.1) is 0 Å². The number of benzene rings is 1. The Balaban J connectivity index is 1.92. The standard InChI is InChI=1S/C17H18N4/c1-13-11-16(20-9-5-6-10-20)21-17(19-13)15(12-18-21)14-7-3-2-4-8-14/h2-4,7-8,11-12H,5-6,9-10H2,1H3. The summed E-state index contributed by atoms with van der Waals surface area (Å²) in [5.41, 5.74) is 4.25. The van der Waals surface area contributed by atoms with Crippen LogP contribution in [-0.2, 0) is 0 Å². The highest BCUT2D eigenvalue weighted by Crippen LogP contribution is 2.28. The molecule has 0 saturated carbocycles. The van der Waals surface area contributed by atoms with Gasteiger partial charge < -0.3 is 4.90 Å². The van der Waals surface area contributed by atoms with Gasteiger partial charge in [0.1, 0.15) is 5.82 Å². The van der Waals surface area contributed by atoms with Crippen LogP contribution in [0.4, 0.5) is 5.82 Å². The molecule has 1 aliphatic heterocycles. The lowest BCUT2D eigenvalue weighted by molar-refractivity contribution is 0.845. The van der Waals surface area contributed by atoms with Crippen molar-refractivity contribution in [2.45, 2.75) is 19.8 Å². The summed E-state index contributed by atoms with van der Waals surface area (Å²) < 4.78 is 1.99. The van der Waals surface area contributed by atoms with E-state index in [-0.39, 0.29) is 0 Å². The molecule has 1 fully saturated rings. The van der Waals surface area contributed by atoms with Crippen molar-refractivity contribution in [2.75, 3.05) is 18.0 Å². The molecule has 0 spiro atoms. The molecule has 0 aliphatic carbocycles. The molecule has 2 aromatic heterocycles. The maximum absolute atomic E-state index is 4.72. The number of hydrogen-bond acceptors (Lipinski definition) is 3. The Morgan fingerprint density at radius 1 is 1.05 bits per heavy atom. The van der Waals surface area contributed by atoms with Gasteiger partial charge in [-0.05, 0) is 25.3 Å². The van der Waals surface area contributed by atoms with Crippen molar-refractivity contribution in [3.05, 3.63) is 48.3 Å². The second-order valence-corrected chi connectivity index (χ2v) is 5.61. The first-order valence-corrected chi connectivity index (χ1v) is 7.49. The van der Waals surface area contributed by atoms with Crippen LogP contribution < -0.4 is 4.90 Å². The van der Waals surface area contributed by atoms with E-state index < -0.39 is 0 Å². The van der Waals surface area contributed by atoms with Crippen LogP contribution >= 0.6 is 0 Å². The normalized spacial score (nSPS) is 15.0. The Morgan fingerprint density at radius 2 is 1.81 bits per heavy atom. The molecule has 0 unspecified atom stereocenters. The minimum absolute atomic E-state index is 0.947. The largest absolute Gasteiger partial charge is 0.356 e. The molecule has 4 rings (SSSR count). The number of fused-ring (bicyclic) bond motifs is 1. The first-order valence-electron chi connectivity index (χ1n) is 7.49. The second kappa shape index (κ2) is 4.88. The van der Waals surface area contributed by atoms with Gasteiger partial charge in [0.15, 0.2) is 5.65 Å². The number of aryl methyl sites for hydroxylation is 1. The summed E-state index contributed by atoms with van der Waals surface area (Å²) in [5, 5.41) is 4.59. The lowest BCUT2D eigenvalue weighted by Crippen LogP contribution is -2.21.